The van der Waals surface area contributed by atoms with Gasteiger partial charge in [-0.3, -0.25) is 14.6 Å². The number of carbonyl (C=O) groups is 2. The summed E-state index contributed by atoms with van der Waals surface area (Å²) in [7, 11) is -4.04. The van der Waals surface area contributed by atoms with E-state index in [1.165, 1.54) is 18.3 Å². The molecule has 0 aliphatic heterocycles. The minimum Gasteiger partial charge on any atom is -0.506 e. The molecule has 11 heteroatoms. The van der Waals surface area contributed by atoms with Crippen LogP contribution in [0.25, 0.3) is 0 Å². The maximum absolute atomic E-state index is 13.1. The van der Waals surface area contributed by atoms with E-state index in [1.807, 2.05) is 0 Å². The van der Waals surface area contributed by atoms with Crippen LogP contribution in [0.15, 0.2) is 47.5 Å². The van der Waals surface area contributed by atoms with E-state index in [2.05, 4.69) is 15.6 Å². The third-order valence-corrected chi connectivity index (χ3v) is 8.43. The number of nitrogens with zero attached hydrogens (tertiary/aromatic N) is 1. The number of aryl methyl sites for hydroxylation is 3. The molecule has 0 radical (unpaired) electrons. The van der Waals surface area contributed by atoms with Crippen LogP contribution < -0.4 is 10.6 Å². The number of halogens is 2. The third-order valence-electron chi connectivity index (χ3n) is 5.71. The Bertz CT molecular complexity index is 1460. The van der Waals surface area contributed by atoms with E-state index in [4.69, 9.17) is 23.2 Å². The van der Waals surface area contributed by atoms with Crippen molar-refractivity contribution in [1.29, 1.82) is 0 Å². The molecule has 3 aromatic rings. The number of pyridine rings is 1. The first-order valence-corrected chi connectivity index (χ1v) is 13.2. The molecule has 0 aliphatic rings. The standard InChI is InChI=1S/C25H25Cl2N3O5S/c1-5-23(36(34,35)17-9-13(2)15(4)28-12-17)25(33)29-20-11-22(31)21(10-19(20)27)30-24(32)18-7-6-16(26)8-14(18)3/h6-12,23,31H,5H2,1-4H3,(H,29,33)(H,30,32). The maximum atomic E-state index is 13.1. The maximum Gasteiger partial charge on any atom is 0.256 e. The molecule has 1 heterocycles. The van der Waals surface area contributed by atoms with E-state index in [0.717, 1.165) is 6.07 Å². The largest absolute Gasteiger partial charge is 0.506 e. The Morgan fingerprint density at radius 1 is 1.00 bits per heavy atom. The SMILES string of the molecule is CCC(C(=O)Nc1cc(O)c(NC(=O)c2ccc(Cl)cc2C)cc1Cl)S(=O)(=O)c1cnc(C)c(C)c1. The van der Waals surface area contributed by atoms with Crippen molar-refractivity contribution in [2.75, 3.05) is 10.6 Å². The Morgan fingerprint density at radius 2 is 1.69 bits per heavy atom. The van der Waals surface area contributed by atoms with Crippen LogP contribution in [0.5, 0.6) is 5.75 Å². The van der Waals surface area contributed by atoms with Gasteiger partial charge in [-0.2, -0.15) is 0 Å². The molecular weight excluding hydrogens is 525 g/mol. The number of anilines is 2. The van der Waals surface area contributed by atoms with Crippen LogP contribution >= 0.6 is 23.2 Å². The lowest BCUT2D eigenvalue weighted by Crippen LogP contribution is -2.35. The summed E-state index contributed by atoms with van der Waals surface area (Å²) in [4.78, 5) is 29.6. The zero-order valence-electron chi connectivity index (χ0n) is 20.0. The first-order chi connectivity index (χ1) is 16.8. The predicted molar refractivity (Wildman–Crippen MR) is 141 cm³/mol. The highest BCUT2D eigenvalue weighted by Crippen LogP contribution is 2.35. The first-order valence-electron chi connectivity index (χ1n) is 10.9. The zero-order chi connectivity index (χ0) is 26.8. The first kappa shape index (κ1) is 27.4. The summed E-state index contributed by atoms with van der Waals surface area (Å²) >= 11 is 12.2. The van der Waals surface area contributed by atoms with Crippen LogP contribution in [-0.2, 0) is 14.6 Å². The van der Waals surface area contributed by atoms with E-state index < -0.39 is 26.9 Å². The van der Waals surface area contributed by atoms with E-state index in [0.29, 0.717) is 27.4 Å². The number of aromatic hydroxyl groups is 1. The molecule has 190 valence electrons. The van der Waals surface area contributed by atoms with Gasteiger partial charge in [-0.1, -0.05) is 30.1 Å². The number of rotatable bonds is 7. The molecule has 1 unspecified atom stereocenters. The molecule has 0 saturated heterocycles. The quantitative estimate of drug-likeness (QED) is 0.336. The van der Waals surface area contributed by atoms with Crippen LogP contribution in [0.4, 0.5) is 11.4 Å². The van der Waals surface area contributed by atoms with Gasteiger partial charge >= 0.3 is 0 Å². The van der Waals surface area contributed by atoms with E-state index in [1.54, 1.807) is 45.9 Å². The van der Waals surface area contributed by atoms with Gasteiger partial charge in [0.15, 0.2) is 9.84 Å². The van der Waals surface area contributed by atoms with Gasteiger partial charge in [0.1, 0.15) is 11.0 Å². The second kappa shape index (κ2) is 10.9. The van der Waals surface area contributed by atoms with Crippen molar-refractivity contribution in [2.45, 2.75) is 44.3 Å². The van der Waals surface area contributed by atoms with Crippen molar-refractivity contribution in [3.8, 4) is 5.75 Å². The average molecular weight is 550 g/mol. The number of nitrogens with one attached hydrogen (secondary N) is 2. The Balaban J connectivity index is 1.83. The van der Waals surface area contributed by atoms with Gasteiger partial charge in [-0.15, -0.1) is 0 Å². The van der Waals surface area contributed by atoms with E-state index in [-0.39, 0.29) is 33.5 Å². The molecule has 0 saturated carbocycles. The third kappa shape index (κ3) is 5.80. The Kier molecular flexibility index (Phi) is 8.28. The fourth-order valence-corrected chi connectivity index (χ4v) is 5.61. The van der Waals surface area contributed by atoms with Gasteiger partial charge in [-0.25, -0.2) is 8.42 Å². The molecule has 8 nitrogen and oxygen atoms in total. The number of carbonyl (C=O) groups excluding carboxylic acids is 2. The number of hydrogen-bond acceptors (Lipinski definition) is 6. The van der Waals surface area contributed by atoms with Gasteiger partial charge < -0.3 is 15.7 Å². The van der Waals surface area contributed by atoms with Crippen molar-refractivity contribution in [1.82, 2.24) is 4.98 Å². The summed E-state index contributed by atoms with van der Waals surface area (Å²) < 4.78 is 26.3. The molecule has 2 aromatic carbocycles. The topological polar surface area (TPSA) is 125 Å². The number of aromatic nitrogens is 1. The van der Waals surface area contributed by atoms with Gasteiger partial charge in [0, 0.05) is 28.5 Å². The summed E-state index contributed by atoms with van der Waals surface area (Å²) in [6.07, 6.45) is 1.23. The van der Waals surface area contributed by atoms with Crippen molar-refractivity contribution < 1.29 is 23.1 Å². The van der Waals surface area contributed by atoms with Crippen molar-refractivity contribution in [3.63, 3.8) is 0 Å². The Morgan fingerprint density at radius 3 is 2.31 bits per heavy atom. The van der Waals surface area contributed by atoms with Gasteiger partial charge in [0.2, 0.25) is 5.91 Å². The van der Waals surface area contributed by atoms with Crippen LogP contribution in [0, 0.1) is 20.8 Å². The molecule has 0 aliphatic carbocycles. The number of sulfone groups is 1. The minimum absolute atomic E-state index is 0.000718. The summed E-state index contributed by atoms with van der Waals surface area (Å²) in [6.45, 7) is 6.79. The molecule has 2 amide bonds. The average Bonchev–Trinajstić information content (AvgIpc) is 2.79. The molecule has 0 bridgehead atoms. The van der Waals surface area contributed by atoms with Crippen LogP contribution in [0.3, 0.4) is 0 Å². The monoisotopic (exact) mass is 549 g/mol. The number of hydrogen-bond donors (Lipinski definition) is 3. The Hall–Kier alpha value is -3.14. The van der Waals surface area contributed by atoms with Crippen molar-refractivity contribution >= 4 is 56.2 Å². The summed E-state index contributed by atoms with van der Waals surface area (Å²) in [5.74, 6) is -1.68. The van der Waals surface area contributed by atoms with Gasteiger partial charge in [-0.05, 0) is 68.7 Å². The summed E-state index contributed by atoms with van der Waals surface area (Å²) in [6, 6.07) is 8.64. The zero-order valence-corrected chi connectivity index (χ0v) is 22.3. The number of phenols is 1. The highest BCUT2D eigenvalue weighted by molar-refractivity contribution is 7.92. The second-order valence-electron chi connectivity index (χ2n) is 8.27. The molecular formula is C25H25Cl2N3O5S. The molecule has 0 fully saturated rings. The normalized spacial score (nSPS) is 12.2. The lowest BCUT2D eigenvalue weighted by Gasteiger charge is -2.18. The lowest BCUT2D eigenvalue weighted by atomic mass is 10.1. The summed E-state index contributed by atoms with van der Waals surface area (Å²) in [5.41, 5.74) is 2.37. The number of amides is 2. The van der Waals surface area contributed by atoms with Crippen LogP contribution in [0.1, 0.15) is 40.5 Å². The van der Waals surface area contributed by atoms with Gasteiger partial charge in [0.05, 0.1) is 21.3 Å². The lowest BCUT2D eigenvalue weighted by molar-refractivity contribution is -0.115. The van der Waals surface area contributed by atoms with Crippen molar-refractivity contribution in [3.05, 3.63) is 75.0 Å². The number of benzene rings is 2. The fourth-order valence-electron chi connectivity index (χ4n) is 3.53. The van der Waals surface area contributed by atoms with Crippen LogP contribution in [-0.4, -0.2) is 35.6 Å². The summed E-state index contributed by atoms with van der Waals surface area (Å²) in [5, 5.41) is 14.6. The smallest absolute Gasteiger partial charge is 0.256 e. The molecule has 0 spiro atoms. The van der Waals surface area contributed by atoms with Gasteiger partial charge in [0.25, 0.3) is 5.91 Å². The van der Waals surface area contributed by atoms with E-state index in [9.17, 15) is 23.1 Å². The molecule has 1 aromatic heterocycles. The molecule has 36 heavy (non-hydrogen) atoms. The second-order valence-corrected chi connectivity index (χ2v) is 11.2. The molecule has 3 N–H and O–H groups in total. The fraction of sp³-hybridized carbons (Fsp3) is 0.240. The predicted octanol–water partition coefficient (Wildman–Crippen LogP) is 5.46. The Labute approximate surface area is 219 Å². The van der Waals surface area contributed by atoms with Crippen molar-refractivity contribution in [2.24, 2.45) is 0 Å². The molecule has 1 atom stereocenters. The van der Waals surface area contributed by atoms with Crippen LogP contribution in [0.2, 0.25) is 10.0 Å². The molecule has 3 rings (SSSR count). The highest BCUT2D eigenvalue weighted by atomic mass is 35.5. The number of phenolic OH excluding ortho intramolecular Hbond substituents is 1. The van der Waals surface area contributed by atoms with E-state index >= 15 is 0 Å². The highest BCUT2D eigenvalue weighted by Gasteiger charge is 2.33. The minimum atomic E-state index is -4.04.